The fraction of sp³-hybridized carbons (Fsp3) is 0.375. The van der Waals surface area contributed by atoms with E-state index in [1.807, 2.05) is 10.6 Å². The molecule has 21 heavy (non-hydrogen) atoms. The van der Waals surface area contributed by atoms with Crippen LogP contribution in [0.25, 0.3) is 11.0 Å². The minimum Gasteiger partial charge on any atom is -0.361 e. The number of pyridine rings is 1. The first kappa shape index (κ1) is 15.3. The molecule has 0 spiro atoms. The summed E-state index contributed by atoms with van der Waals surface area (Å²) < 4.78 is 7.63. The first-order valence-corrected chi connectivity index (χ1v) is 10.6. The highest BCUT2D eigenvalue weighted by molar-refractivity contribution is 6.76. The van der Waals surface area contributed by atoms with Crippen LogP contribution in [0.2, 0.25) is 25.7 Å². The van der Waals surface area contributed by atoms with Crippen LogP contribution in [0, 0.1) is 23.7 Å². The van der Waals surface area contributed by atoms with Gasteiger partial charge in [0.05, 0.1) is 11.3 Å². The monoisotopic (exact) mass is 297 g/mol. The standard InChI is InChI=1S/C16H19N3OSi/c1-5-15-9-14-8-13(10-17)11-18-16(14)19(15)12-20-6-7-21(2,3)4/h1,8-9,11H,6-7,12H2,2-4H3. The molecule has 0 fully saturated rings. The molecule has 0 unspecified atom stereocenters. The van der Waals surface area contributed by atoms with Crippen molar-refractivity contribution in [2.75, 3.05) is 6.61 Å². The van der Waals surface area contributed by atoms with Crippen molar-refractivity contribution in [3.8, 4) is 18.4 Å². The second-order valence-electron chi connectivity index (χ2n) is 6.20. The van der Waals surface area contributed by atoms with Gasteiger partial charge in [-0.1, -0.05) is 25.6 Å². The fourth-order valence-corrected chi connectivity index (χ4v) is 2.75. The molecule has 0 bridgehead atoms. The highest BCUT2D eigenvalue weighted by Gasteiger charge is 2.13. The van der Waals surface area contributed by atoms with E-state index in [1.165, 1.54) is 0 Å². The number of fused-ring (bicyclic) bond motifs is 1. The third-order valence-corrected chi connectivity index (χ3v) is 4.93. The number of hydrogen-bond acceptors (Lipinski definition) is 3. The lowest BCUT2D eigenvalue weighted by Gasteiger charge is -2.16. The van der Waals surface area contributed by atoms with E-state index < -0.39 is 8.07 Å². The molecule has 0 N–H and O–H groups in total. The van der Waals surface area contributed by atoms with Gasteiger partial charge in [0, 0.05) is 26.3 Å². The molecular formula is C16H19N3OSi. The highest BCUT2D eigenvalue weighted by atomic mass is 28.3. The summed E-state index contributed by atoms with van der Waals surface area (Å²) >= 11 is 0. The van der Waals surface area contributed by atoms with Gasteiger partial charge in [-0.05, 0) is 18.2 Å². The maximum atomic E-state index is 8.92. The minimum absolute atomic E-state index is 0.395. The lowest BCUT2D eigenvalue weighted by Crippen LogP contribution is -2.22. The molecule has 0 aliphatic carbocycles. The van der Waals surface area contributed by atoms with Crippen molar-refractivity contribution < 1.29 is 4.74 Å². The minimum atomic E-state index is -1.09. The summed E-state index contributed by atoms with van der Waals surface area (Å²) in [6.45, 7) is 8.08. The smallest absolute Gasteiger partial charge is 0.142 e. The quantitative estimate of drug-likeness (QED) is 0.484. The summed E-state index contributed by atoms with van der Waals surface area (Å²) in [5, 5.41) is 9.79. The topological polar surface area (TPSA) is 50.8 Å². The highest BCUT2D eigenvalue weighted by Crippen LogP contribution is 2.19. The molecule has 2 aromatic heterocycles. The molecule has 0 aliphatic rings. The first-order chi connectivity index (χ1) is 9.94. The number of terminal acetylenes is 1. The Morgan fingerprint density at radius 2 is 2.14 bits per heavy atom. The van der Waals surface area contributed by atoms with Crippen molar-refractivity contribution in [1.29, 1.82) is 5.26 Å². The van der Waals surface area contributed by atoms with Gasteiger partial charge in [-0.3, -0.25) is 4.57 Å². The van der Waals surface area contributed by atoms with Crippen LogP contribution in [0.15, 0.2) is 18.3 Å². The van der Waals surface area contributed by atoms with Gasteiger partial charge in [-0.25, -0.2) is 4.98 Å². The molecule has 0 aliphatic heterocycles. The molecule has 108 valence electrons. The van der Waals surface area contributed by atoms with Crippen molar-refractivity contribution in [2.45, 2.75) is 32.4 Å². The summed E-state index contributed by atoms with van der Waals surface area (Å²) in [4.78, 5) is 4.32. The van der Waals surface area contributed by atoms with Gasteiger partial charge in [0.25, 0.3) is 0 Å². The lowest BCUT2D eigenvalue weighted by molar-refractivity contribution is 0.0894. The van der Waals surface area contributed by atoms with Gasteiger partial charge in [-0.15, -0.1) is 6.42 Å². The van der Waals surface area contributed by atoms with Crippen LogP contribution in [0.3, 0.4) is 0 Å². The number of aromatic nitrogens is 2. The zero-order valence-corrected chi connectivity index (χ0v) is 13.7. The van der Waals surface area contributed by atoms with Gasteiger partial charge in [0.2, 0.25) is 0 Å². The van der Waals surface area contributed by atoms with Gasteiger partial charge >= 0.3 is 0 Å². The van der Waals surface area contributed by atoms with Gasteiger partial charge in [0.15, 0.2) is 0 Å². The van der Waals surface area contributed by atoms with Crippen LogP contribution in [-0.4, -0.2) is 24.2 Å². The average molecular weight is 297 g/mol. The Morgan fingerprint density at radius 1 is 1.38 bits per heavy atom. The molecule has 0 saturated heterocycles. The van der Waals surface area contributed by atoms with Crippen molar-refractivity contribution in [3.05, 3.63) is 29.6 Å². The number of nitrogens with zero attached hydrogens (tertiary/aromatic N) is 3. The van der Waals surface area contributed by atoms with E-state index in [2.05, 4.69) is 36.6 Å². The van der Waals surface area contributed by atoms with Crippen LogP contribution in [0.1, 0.15) is 11.3 Å². The van der Waals surface area contributed by atoms with Crippen LogP contribution in [0.4, 0.5) is 0 Å². The molecule has 0 amide bonds. The maximum absolute atomic E-state index is 8.92. The Morgan fingerprint density at radius 3 is 2.76 bits per heavy atom. The molecular weight excluding hydrogens is 278 g/mol. The maximum Gasteiger partial charge on any atom is 0.142 e. The second kappa shape index (κ2) is 6.13. The average Bonchev–Trinajstić information content (AvgIpc) is 2.79. The molecule has 0 radical (unpaired) electrons. The van der Waals surface area contributed by atoms with Gasteiger partial charge < -0.3 is 4.74 Å². The molecule has 0 saturated carbocycles. The van der Waals surface area contributed by atoms with Crippen molar-refractivity contribution in [2.24, 2.45) is 0 Å². The van der Waals surface area contributed by atoms with E-state index in [0.29, 0.717) is 12.3 Å². The zero-order chi connectivity index (χ0) is 15.5. The van der Waals surface area contributed by atoms with E-state index in [9.17, 15) is 0 Å². The number of ether oxygens (including phenoxy) is 1. The number of rotatable bonds is 5. The third-order valence-electron chi connectivity index (χ3n) is 3.23. The summed E-state index contributed by atoms with van der Waals surface area (Å²) in [7, 11) is -1.09. The van der Waals surface area contributed by atoms with E-state index in [4.69, 9.17) is 16.4 Å². The molecule has 2 heterocycles. The Labute approximate surface area is 126 Å². The number of nitriles is 1. The van der Waals surface area contributed by atoms with E-state index in [1.54, 1.807) is 12.3 Å². The van der Waals surface area contributed by atoms with Gasteiger partial charge in [0.1, 0.15) is 18.4 Å². The number of hydrogen-bond donors (Lipinski definition) is 0. The lowest BCUT2D eigenvalue weighted by atomic mass is 10.2. The van der Waals surface area contributed by atoms with Crippen molar-refractivity contribution in [3.63, 3.8) is 0 Å². The SMILES string of the molecule is C#Cc1cc2cc(C#N)cnc2n1COCC[Si](C)(C)C. The van der Waals surface area contributed by atoms with E-state index >= 15 is 0 Å². The van der Waals surface area contributed by atoms with Crippen LogP contribution in [-0.2, 0) is 11.5 Å². The van der Waals surface area contributed by atoms with Crippen molar-refractivity contribution in [1.82, 2.24) is 9.55 Å². The van der Waals surface area contributed by atoms with Crippen molar-refractivity contribution >= 4 is 19.1 Å². The molecule has 0 aromatic carbocycles. The van der Waals surface area contributed by atoms with Gasteiger partial charge in [-0.2, -0.15) is 5.26 Å². The summed E-state index contributed by atoms with van der Waals surface area (Å²) in [6.07, 6.45) is 7.10. The molecule has 2 rings (SSSR count). The predicted molar refractivity (Wildman–Crippen MR) is 86.5 cm³/mol. The Bertz CT molecular complexity index is 729. The summed E-state index contributed by atoms with van der Waals surface area (Å²) in [5.41, 5.74) is 2.01. The molecule has 4 nitrogen and oxygen atoms in total. The van der Waals surface area contributed by atoms with Crippen LogP contribution < -0.4 is 0 Å². The van der Waals surface area contributed by atoms with Crippen LogP contribution in [0.5, 0.6) is 0 Å². The molecule has 5 heteroatoms. The van der Waals surface area contributed by atoms with Crippen LogP contribution >= 0.6 is 0 Å². The van der Waals surface area contributed by atoms with E-state index in [-0.39, 0.29) is 0 Å². The largest absolute Gasteiger partial charge is 0.361 e. The summed E-state index contributed by atoms with van der Waals surface area (Å²) in [5.74, 6) is 2.65. The third kappa shape index (κ3) is 3.72. The fourth-order valence-electron chi connectivity index (χ4n) is 1.99. The normalized spacial score (nSPS) is 11.3. The molecule has 0 atom stereocenters. The zero-order valence-electron chi connectivity index (χ0n) is 12.7. The Kier molecular flexibility index (Phi) is 4.47. The first-order valence-electron chi connectivity index (χ1n) is 6.88. The molecule has 2 aromatic rings. The Balaban J connectivity index is 2.19. The summed E-state index contributed by atoms with van der Waals surface area (Å²) in [6, 6.07) is 6.86. The predicted octanol–water partition coefficient (Wildman–Crippen LogP) is 3.20. The second-order valence-corrected chi connectivity index (χ2v) is 11.8. The Hall–Kier alpha value is -2.08. The van der Waals surface area contributed by atoms with E-state index in [0.717, 1.165) is 29.4 Å².